The largest absolute Gasteiger partial charge is 0.379 e. The van der Waals surface area contributed by atoms with Crippen molar-refractivity contribution in [3.63, 3.8) is 0 Å². The van der Waals surface area contributed by atoms with Crippen LogP contribution in [0, 0.1) is 0 Å². The van der Waals surface area contributed by atoms with Crippen molar-refractivity contribution in [2.24, 2.45) is 0 Å². The van der Waals surface area contributed by atoms with Crippen LogP contribution in [-0.2, 0) is 14.2 Å². The van der Waals surface area contributed by atoms with Gasteiger partial charge >= 0.3 is 0 Å². The second-order valence-corrected chi connectivity index (χ2v) is 3.57. The van der Waals surface area contributed by atoms with E-state index >= 15 is 0 Å². The summed E-state index contributed by atoms with van der Waals surface area (Å²) < 4.78 is 16.2. The number of hydrogen-bond acceptors (Lipinski definition) is 4. The quantitative estimate of drug-likeness (QED) is 0.635. The normalized spacial score (nSPS) is 30.0. The van der Waals surface area contributed by atoms with E-state index in [2.05, 4.69) is 5.32 Å². The average Bonchev–Trinajstić information content (AvgIpc) is 2.11. The first-order chi connectivity index (χ1) is 6.45. The molecular formula is C9H17NO3. The SMILES string of the molecule is C1COCC(OCOC2CNC2)C1. The lowest BCUT2D eigenvalue weighted by atomic mass is 10.2. The summed E-state index contributed by atoms with van der Waals surface area (Å²) in [6, 6.07) is 0. The first-order valence-electron chi connectivity index (χ1n) is 4.97. The lowest BCUT2D eigenvalue weighted by Gasteiger charge is -2.28. The van der Waals surface area contributed by atoms with Gasteiger partial charge in [0.2, 0.25) is 0 Å². The third-order valence-corrected chi connectivity index (χ3v) is 2.47. The lowest BCUT2D eigenvalue weighted by Crippen LogP contribution is -2.48. The summed E-state index contributed by atoms with van der Waals surface area (Å²) >= 11 is 0. The van der Waals surface area contributed by atoms with Gasteiger partial charge in [0.15, 0.2) is 0 Å². The van der Waals surface area contributed by atoms with Gasteiger partial charge in [-0.25, -0.2) is 0 Å². The molecule has 0 aromatic carbocycles. The van der Waals surface area contributed by atoms with Gasteiger partial charge in [0.25, 0.3) is 0 Å². The minimum absolute atomic E-state index is 0.252. The predicted molar refractivity (Wildman–Crippen MR) is 47.5 cm³/mol. The van der Waals surface area contributed by atoms with Gasteiger partial charge in [0.05, 0.1) is 18.8 Å². The molecule has 1 unspecified atom stereocenters. The summed E-state index contributed by atoms with van der Waals surface area (Å²) in [4.78, 5) is 0. The molecular weight excluding hydrogens is 170 g/mol. The minimum atomic E-state index is 0.252. The highest BCUT2D eigenvalue weighted by molar-refractivity contribution is 4.74. The summed E-state index contributed by atoms with van der Waals surface area (Å²) in [6.45, 7) is 3.95. The van der Waals surface area contributed by atoms with Crippen molar-refractivity contribution in [3.8, 4) is 0 Å². The van der Waals surface area contributed by atoms with Crippen molar-refractivity contribution < 1.29 is 14.2 Å². The minimum Gasteiger partial charge on any atom is -0.379 e. The van der Waals surface area contributed by atoms with Crippen LogP contribution in [0.1, 0.15) is 12.8 Å². The van der Waals surface area contributed by atoms with Gasteiger partial charge in [-0.05, 0) is 12.8 Å². The van der Waals surface area contributed by atoms with Crippen LogP contribution < -0.4 is 5.32 Å². The van der Waals surface area contributed by atoms with Gasteiger partial charge in [-0.3, -0.25) is 0 Å². The van der Waals surface area contributed by atoms with Gasteiger partial charge < -0.3 is 19.5 Å². The molecule has 0 amide bonds. The highest BCUT2D eigenvalue weighted by atomic mass is 16.7. The number of hydrogen-bond donors (Lipinski definition) is 1. The fourth-order valence-corrected chi connectivity index (χ4v) is 1.45. The Morgan fingerprint density at radius 2 is 2.08 bits per heavy atom. The van der Waals surface area contributed by atoms with Crippen molar-refractivity contribution in [2.75, 3.05) is 33.1 Å². The van der Waals surface area contributed by atoms with Crippen LogP contribution in [0.4, 0.5) is 0 Å². The summed E-state index contributed by atoms with van der Waals surface area (Å²) in [5.74, 6) is 0. The molecule has 0 aliphatic carbocycles. The summed E-state index contributed by atoms with van der Waals surface area (Å²) in [5, 5.41) is 3.14. The van der Waals surface area contributed by atoms with Gasteiger partial charge in [-0.15, -0.1) is 0 Å². The lowest BCUT2D eigenvalue weighted by molar-refractivity contribution is -0.152. The first-order valence-corrected chi connectivity index (χ1v) is 4.97. The third kappa shape index (κ3) is 2.91. The summed E-state index contributed by atoms with van der Waals surface area (Å²) in [6.07, 6.45) is 2.83. The van der Waals surface area contributed by atoms with Crippen LogP contribution in [0.25, 0.3) is 0 Å². The van der Waals surface area contributed by atoms with Gasteiger partial charge in [0.1, 0.15) is 6.79 Å². The Labute approximate surface area is 78.5 Å². The van der Waals surface area contributed by atoms with Crippen LogP contribution >= 0.6 is 0 Å². The Morgan fingerprint density at radius 1 is 1.23 bits per heavy atom. The van der Waals surface area contributed by atoms with Crippen molar-refractivity contribution in [3.05, 3.63) is 0 Å². The fourth-order valence-electron chi connectivity index (χ4n) is 1.45. The summed E-state index contributed by atoms with van der Waals surface area (Å²) in [5.41, 5.74) is 0. The van der Waals surface area contributed by atoms with Crippen LogP contribution in [0.15, 0.2) is 0 Å². The Hall–Kier alpha value is -0.160. The molecule has 2 heterocycles. The molecule has 2 aliphatic heterocycles. The van der Waals surface area contributed by atoms with E-state index in [1.807, 2.05) is 0 Å². The molecule has 13 heavy (non-hydrogen) atoms. The maximum Gasteiger partial charge on any atom is 0.147 e. The molecule has 2 fully saturated rings. The van der Waals surface area contributed by atoms with Crippen molar-refractivity contribution >= 4 is 0 Å². The number of nitrogens with one attached hydrogen (secondary N) is 1. The van der Waals surface area contributed by atoms with E-state index < -0.39 is 0 Å². The molecule has 2 aliphatic rings. The molecule has 4 heteroatoms. The standard InChI is InChI=1S/C9H17NO3/c1-2-8(6-11-3-1)12-7-13-9-4-10-5-9/h8-10H,1-7H2. The molecule has 2 saturated heterocycles. The number of rotatable bonds is 4. The Bertz CT molecular complexity index is 144. The maximum absolute atomic E-state index is 5.51. The van der Waals surface area contributed by atoms with Crippen molar-refractivity contribution in [1.82, 2.24) is 5.32 Å². The second kappa shape index (κ2) is 4.91. The molecule has 0 bridgehead atoms. The smallest absolute Gasteiger partial charge is 0.147 e. The van der Waals surface area contributed by atoms with E-state index in [1.54, 1.807) is 0 Å². The molecule has 0 aromatic rings. The van der Waals surface area contributed by atoms with Crippen LogP contribution in [0.2, 0.25) is 0 Å². The molecule has 76 valence electrons. The molecule has 0 aromatic heterocycles. The third-order valence-electron chi connectivity index (χ3n) is 2.47. The number of ether oxygens (including phenoxy) is 3. The van der Waals surface area contributed by atoms with Gasteiger partial charge in [0, 0.05) is 19.7 Å². The monoisotopic (exact) mass is 187 g/mol. The Balaban J connectivity index is 1.50. The topological polar surface area (TPSA) is 39.7 Å². The zero-order valence-corrected chi connectivity index (χ0v) is 7.83. The van der Waals surface area contributed by atoms with E-state index in [4.69, 9.17) is 14.2 Å². The highest BCUT2D eigenvalue weighted by Gasteiger charge is 2.18. The molecule has 4 nitrogen and oxygen atoms in total. The molecule has 2 rings (SSSR count). The predicted octanol–water partition coefficient (Wildman–Crippen LogP) is 0.128. The molecule has 0 spiro atoms. The fraction of sp³-hybridized carbons (Fsp3) is 1.00. The van der Waals surface area contributed by atoms with Crippen LogP contribution in [0.5, 0.6) is 0 Å². The second-order valence-electron chi connectivity index (χ2n) is 3.57. The zero-order valence-electron chi connectivity index (χ0n) is 7.83. The molecule has 0 radical (unpaired) electrons. The maximum atomic E-state index is 5.51. The average molecular weight is 187 g/mol. The van der Waals surface area contributed by atoms with Gasteiger partial charge in [-0.2, -0.15) is 0 Å². The molecule has 1 N–H and O–H groups in total. The van der Waals surface area contributed by atoms with E-state index in [1.165, 1.54) is 0 Å². The van der Waals surface area contributed by atoms with E-state index in [9.17, 15) is 0 Å². The molecule has 1 atom stereocenters. The zero-order chi connectivity index (χ0) is 8.93. The van der Waals surface area contributed by atoms with Crippen molar-refractivity contribution in [1.29, 1.82) is 0 Å². The summed E-state index contributed by atoms with van der Waals surface area (Å²) in [7, 11) is 0. The van der Waals surface area contributed by atoms with E-state index in [0.29, 0.717) is 12.9 Å². The molecule has 0 saturated carbocycles. The van der Waals surface area contributed by atoms with Gasteiger partial charge in [-0.1, -0.05) is 0 Å². The van der Waals surface area contributed by atoms with Crippen molar-refractivity contribution in [2.45, 2.75) is 25.0 Å². The Morgan fingerprint density at radius 3 is 2.69 bits per heavy atom. The van der Waals surface area contributed by atoms with Crippen LogP contribution in [-0.4, -0.2) is 45.3 Å². The van der Waals surface area contributed by atoms with Crippen LogP contribution in [0.3, 0.4) is 0 Å². The van der Waals surface area contributed by atoms with E-state index in [-0.39, 0.29) is 6.10 Å². The highest BCUT2D eigenvalue weighted by Crippen LogP contribution is 2.10. The van der Waals surface area contributed by atoms with E-state index in [0.717, 1.165) is 39.1 Å². The first kappa shape index (κ1) is 9.40. The Kier molecular flexibility index (Phi) is 3.55.